The number of para-hydroxylation sites is 2. The molecule has 144 valence electrons. The van der Waals surface area contributed by atoms with Crippen molar-refractivity contribution in [1.29, 1.82) is 0 Å². The van der Waals surface area contributed by atoms with Gasteiger partial charge in [-0.2, -0.15) is 5.10 Å². The van der Waals surface area contributed by atoms with E-state index in [1.54, 1.807) is 6.20 Å². The molecule has 0 spiro atoms. The topological polar surface area (TPSA) is 73.8 Å². The lowest BCUT2D eigenvalue weighted by molar-refractivity contribution is 0.208. The van der Waals surface area contributed by atoms with Gasteiger partial charge in [-0.25, -0.2) is 4.79 Å². The van der Waals surface area contributed by atoms with Crippen LogP contribution in [0, 0.1) is 0 Å². The van der Waals surface area contributed by atoms with Crippen molar-refractivity contribution >= 4 is 23.2 Å². The van der Waals surface area contributed by atoms with Crippen LogP contribution >= 0.6 is 0 Å². The van der Waals surface area contributed by atoms with Gasteiger partial charge < -0.3 is 24.8 Å². The van der Waals surface area contributed by atoms with Crippen LogP contribution < -0.4 is 19.9 Å². The number of hydrogen-bond donors (Lipinski definition) is 1. The Labute approximate surface area is 159 Å². The van der Waals surface area contributed by atoms with Crippen LogP contribution in [0.2, 0.25) is 0 Å². The zero-order valence-corrected chi connectivity index (χ0v) is 16.1. The maximum atomic E-state index is 12.6. The second-order valence-electron chi connectivity index (χ2n) is 6.50. The van der Waals surface area contributed by atoms with E-state index in [0.717, 1.165) is 11.5 Å². The number of aromatic nitrogens is 2. The first kappa shape index (κ1) is 18.8. The largest absolute Gasteiger partial charge is 0.492 e. The monoisotopic (exact) mass is 370 g/mol. The summed E-state index contributed by atoms with van der Waals surface area (Å²) < 4.78 is 5.57. The van der Waals surface area contributed by atoms with Gasteiger partial charge in [0.1, 0.15) is 5.75 Å². The predicted molar refractivity (Wildman–Crippen MR) is 107 cm³/mol. The molecule has 2 amide bonds. The van der Waals surface area contributed by atoms with Gasteiger partial charge in [0.25, 0.3) is 0 Å². The minimum absolute atomic E-state index is 0.116. The van der Waals surface area contributed by atoms with Gasteiger partial charge in [-0.05, 0) is 19.1 Å². The van der Waals surface area contributed by atoms with Gasteiger partial charge in [-0.15, -0.1) is 5.10 Å². The summed E-state index contributed by atoms with van der Waals surface area (Å²) in [7, 11) is 3.95. The molecule has 3 rings (SSSR count). The van der Waals surface area contributed by atoms with Gasteiger partial charge in [0.2, 0.25) is 0 Å². The molecule has 0 radical (unpaired) electrons. The van der Waals surface area contributed by atoms with Crippen molar-refractivity contribution in [2.75, 3.05) is 62.0 Å². The Bertz CT molecular complexity index is 774. The summed E-state index contributed by atoms with van der Waals surface area (Å²) in [5.41, 5.74) is 1.70. The van der Waals surface area contributed by atoms with E-state index in [2.05, 4.69) is 20.4 Å². The van der Waals surface area contributed by atoms with E-state index in [0.29, 0.717) is 44.2 Å². The second kappa shape index (κ2) is 8.57. The summed E-state index contributed by atoms with van der Waals surface area (Å²) in [5, 5.41) is 11.3. The van der Waals surface area contributed by atoms with E-state index in [1.807, 2.05) is 61.2 Å². The standard InChI is InChI=1S/C19H26N6O2/c1-4-27-17-8-6-5-7-16(17)21-19(26)25-11-9-24(10-12-25)18-13-15(23(2)3)14-20-22-18/h5-8,13-14H,4,9-12H2,1-3H3,(H,21,26). The van der Waals surface area contributed by atoms with Gasteiger partial charge >= 0.3 is 6.03 Å². The Morgan fingerprint density at radius 2 is 1.96 bits per heavy atom. The molecule has 1 saturated heterocycles. The summed E-state index contributed by atoms with van der Waals surface area (Å²) in [6.45, 7) is 5.15. The number of anilines is 3. The van der Waals surface area contributed by atoms with Crippen molar-refractivity contribution in [3.05, 3.63) is 36.5 Å². The molecule has 0 saturated carbocycles. The molecule has 1 N–H and O–H groups in total. The van der Waals surface area contributed by atoms with Crippen LogP contribution in [0.4, 0.5) is 22.0 Å². The third kappa shape index (κ3) is 4.58. The number of nitrogens with zero attached hydrogens (tertiary/aromatic N) is 5. The maximum Gasteiger partial charge on any atom is 0.322 e. The molecule has 1 aliphatic heterocycles. The Morgan fingerprint density at radius 1 is 1.22 bits per heavy atom. The Kier molecular flexibility index (Phi) is 5.95. The molecule has 0 aliphatic carbocycles. The molecule has 1 aliphatic rings. The first-order chi connectivity index (χ1) is 13.1. The van der Waals surface area contributed by atoms with E-state index >= 15 is 0 Å². The molecular formula is C19H26N6O2. The van der Waals surface area contributed by atoms with Gasteiger partial charge in [0.05, 0.1) is 24.2 Å². The van der Waals surface area contributed by atoms with Crippen LogP contribution in [0.15, 0.2) is 36.5 Å². The van der Waals surface area contributed by atoms with E-state index in [-0.39, 0.29) is 6.03 Å². The summed E-state index contributed by atoms with van der Waals surface area (Å²) >= 11 is 0. The quantitative estimate of drug-likeness (QED) is 0.871. The molecule has 2 heterocycles. The van der Waals surface area contributed by atoms with Crippen molar-refractivity contribution in [3.63, 3.8) is 0 Å². The number of benzene rings is 1. The average molecular weight is 370 g/mol. The Morgan fingerprint density at radius 3 is 2.67 bits per heavy atom. The van der Waals surface area contributed by atoms with E-state index in [4.69, 9.17) is 4.74 Å². The molecule has 8 heteroatoms. The molecule has 0 unspecified atom stereocenters. The maximum absolute atomic E-state index is 12.6. The number of amides is 2. The lowest BCUT2D eigenvalue weighted by Crippen LogP contribution is -2.50. The van der Waals surface area contributed by atoms with Crippen LogP contribution in [0.25, 0.3) is 0 Å². The lowest BCUT2D eigenvalue weighted by Gasteiger charge is -2.35. The van der Waals surface area contributed by atoms with Crippen LogP contribution in [0.1, 0.15) is 6.92 Å². The number of nitrogens with one attached hydrogen (secondary N) is 1. The number of hydrogen-bond acceptors (Lipinski definition) is 6. The van der Waals surface area contributed by atoms with Gasteiger partial charge in [0, 0.05) is 46.3 Å². The third-order valence-electron chi connectivity index (χ3n) is 4.46. The van der Waals surface area contributed by atoms with Crippen LogP contribution in [0.5, 0.6) is 5.75 Å². The molecule has 2 aromatic rings. The minimum Gasteiger partial charge on any atom is -0.492 e. The molecule has 8 nitrogen and oxygen atoms in total. The fourth-order valence-corrected chi connectivity index (χ4v) is 2.93. The summed E-state index contributed by atoms with van der Waals surface area (Å²) in [6, 6.07) is 9.38. The fraction of sp³-hybridized carbons (Fsp3) is 0.421. The number of carbonyl (C=O) groups is 1. The highest BCUT2D eigenvalue weighted by Crippen LogP contribution is 2.24. The number of carbonyl (C=O) groups excluding carboxylic acids is 1. The Balaban J connectivity index is 1.59. The lowest BCUT2D eigenvalue weighted by atomic mass is 10.3. The fourth-order valence-electron chi connectivity index (χ4n) is 2.93. The third-order valence-corrected chi connectivity index (χ3v) is 4.46. The van der Waals surface area contributed by atoms with Crippen LogP contribution in [0.3, 0.4) is 0 Å². The summed E-state index contributed by atoms with van der Waals surface area (Å²) in [5.74, 6) is 1.52. The van der Waals surface area contributed by atoms with Crippen molar-refractivity contribution in [3.8, 4) is 5.75 Å². The van der Waals surface area contributed by atoms with E-state index in [1.165, 1.54) is 0 Å². The summed E-state index contributed by atoms with van der Waals surface area (Å²) in [6.07, 6.45) is 1.74. The van der Waals surface area contributed by atoms with Crippen molar-refractivity contribution in [2.24, 2.45) is 0 Å². The smallest absolute Gasteiger partial charge is 0.322 e. The molecule has 1 fully saturated rings. The highest BCUT2D eigenvalue weighted by atomic mass is 16.5. The zero-order chi connectivity index (χ0) is 19.2. The van der Waals surface area contributed by atoms with Gasteiger partial charge in [0.15, 0.2) is 5.82 Å². The van der Waals surface area contributed by atoms with Crippen molar-refractivity contribution in [1.82, 2.24) is 15.1 Å². The zero-order valence-electron chi connectivity index (χ0n) is 16.1. The SMILES string of the molecule is CCOc1ccccc1NC(=O)N1CCN(c2cc(N(C)C)cnn2)CC1. The van der Waals surface area contributed by atoms with E-state index < -0.39 is 0 Å². The highest BCUT2D eigenvalue weighted by molar-refractivity contribution is 5.91. The van der Waals surface area contributed by atoms with E-state index in [9.17, 15) is 4.79 Å². The highest BCUT2D eigenvalue weighted by Gasteiger charge is 2.23. The molecule has 0 atom stereocenters. The van der Waals surface area contributed by atoms with Crippen LogP contribution in [-0.4, -0.2) is 68.0 Å². The molecule has 0 bridgehead atoms. The second-order valence-corrected chi connectivity index (χ2v) is 6.50. The summed E-state index contributed by atoms with van der Waals surface area (Å²) in [4.78, 5) is 18.6. The van der Waals surface area contributed by atoms with Gasteiger partial charge in [-0.3, -0.25) is 0 Å². The van der Waals surface area contributed by atoms with Gasteiger partial charge in [-0.1, -0.05) is 12.1 Å². The molecular weight excluding hydrogens is 344 g/mol. The number of urea groups is 1. The molecule has 27 heavy (non-hydrogen) atoms. The van der Waals surface area contributed by atoms with Crippen molar-refractivity contribution in [2.45, 2.75) is 6.92 Å². The number of rotatable bonds is 5. The molecule has 1 aromatic heterocycles. The van der Waals surface area contributed by atoms with Crippen molar-refractivity contribution < 1.29 is 9.53 Å². The first-order valence-electron chi connectivity index (χ1n) is 9.11. The first-order valence-corrected chi connectivity index (χ1v) is 9.11. The van der Waals surface area contributed by atoms with Crippen LogP contribution in [-0.2, 0) is 0 Å². The average Bonchev–Trinajstić information content (AvgIpc) is 2.70. The minimum atomic E-state index is -0.116. The number of piperazine rings is 1. The normalized spacial score (nSPS) is 14.0. The predicted octanol–water partition coefficient (Wildman–Crippen LogP) is 2.30. The Hall–Kier alpha value is -3.03. The molecule has 1 aromatic carbocycles. The number of ether oxygens (including phenoxy) is 1.